The van der Waals surface area contributed by atoms with Crippen molar-refractivity contribution < 1.29 is 19.4 Å². The van der Waals surface area contributed by atoms with Crippen molar-refractivity contribution >= 4 is 38.1 Å². The van der Waals surface area contributed by atoms with Gasteiger partial charge in [0, 0.05) is 28.5 Å². The van der Waals surface area contributed by atoms with Gasteiger partial charge in [-0.05, 0) is 53.3 Å². The minimum atomic E-state index is -0.756. The number of ketones is 1. The number of carbonyl (C=O) groups excluding carboxylic acids is 1. The third kappa shape index (κ3) is 3.14. The second kappa shape index (κ2) is 7.27. The molecule has 0 aliphatic rings. The summed E-state index contributed by atoms with van der Waals surface area (Å²) in [6.45, 7) is 3.34. The zero-order chi connectivity index (χ0) is 20.7. The van der Waals surface area contributed by atoms with E-state index in [-0.39, 0.29) is 35.5 Å². The molecule has 0 unspecified atom stereocenters. The summed E-state index contributed by atoms with van der Waals surface area (Å²) in [4.78, 5) is 27.4. The predicted octanol–water partition coefficient (Wildman–Crippen LogP) is 4.38. The summed E-state index contributed by atoms with van der Waals surface area (Å²) in [7, 11) is 0. The summed E-state index contributed by atoms with van der Waals surface area (Å²) >= 11 is 1.28. The molecule has 0 fully saturated rings. The Morgan fingerprint density at radius 2 is 2.00 bits per heavy atom. The number of hydrogen-bond donors (Lipinski definition) is 3. The Bertz CT molecular complexity index is 1350. The van der Waals surface area contributed by atoms with Gasteiger partial charge in [0.15, 0.2) is 5.78 Å². The number of thiophene rings is 1. The van der Waals surface area contributed by atoms with E-state index in [1.165, 1.54) is 29.5 Å². The van der Waals surface area contributed by atoms with Crippen molar-refractivity contribution in [1.29, 1.82) is 0 Å². The number of nitrogens with one attached hydrogen (secondary N) is 1. The molecular formula is C22H16FNO4S. The van der Waals surface area contributed by atoms with Crippen LogP contribution in [0.25, 0.3) is 32.1 Å². The summed E-state index contributed by atoms with van der Waals surface area (Å²) in [5.41, 5.74) is 0.994. The van der Waals surface area contributed by atoms with Crippen molar-refractivity contribution in [3.63, 3.8) is 0 Å². The minimum absolute atomic E-state index is 0.0631. The molecule has 0 bridgehead atoms. The van der Waals surface area contributed by atoms with Gasteiger partial charge in [0.05, 0.1) is 5.56 Å². The number of hydrogen-bond acceptors (Lipinski definition) is 5. The van der Waals surface area contributed by atoms with Gasteiger partial charge in [-0.3, -0.25) is 9.59 Å². The molecule has 2 heterocycles. The van der Waals surface area contributed by atoms with E-state index in [9.17, 15) is 19.1 Å². The van der Waals surface area contributed by atoms with E-state index in [0.29, 0.717) is 32.1 Å². The molecule has 0 aliphatic carbocycles. The van der Waals surface area contributed by atoms with Gasteiger partial charge in [-0.15, -0.1) is 11.3 Å². The van der Waals surface area contributed by atoms with Gasteiger partial charge in [-0.2, -0.15) is 0 Å². The Morgan fingerprint density at radius 1 is 1.21 bits per heavy atom. The zero-order valence-corrected chi connectivity index (χ0v) is 16.0. The first-order valence-corrected chi connectivity index (χ1v) is 9.68. The Kier molecular flexibility index (Phi) is 4.77. The maximum atomic E-state index is 14.8. The van der Waals surface area contributed by atoms with Crippen molar-refractivity contribution in [3.05, 3.63) is 75.7 Å². The highest BCUT2D eigenvalue weighted by atomic mass is 32.1. The maximum Gasteiger partial charge on any atom is 0.266 e. The SMILES string of the molecule is C=C(CCO)C(=O)c1ccc(-c2c(O)ccc3[nH]c(=O)c4sccc4c23)cc1F. The number of benzene rings is 2. The molecule has 2 aromatic carbocycles. The lowest BCUT2D eigenvalue weighted by Gasteiger charge is -2.12. The van der Waals surface area contributed by atoms with Crippen LogP contribution in [-0.2, 0) is 0 Å². The standard InChI is InChI=1S/C22H16FNO4S/c1-11(6-8-25)20(27)13-3-2-12(10-15(13)23)18-17(26)5-4-16-19(18)14-7-9-29-21(14)22(28)24-16/h2-5,7,9-10,25-26H,1,6,8H2,(H,24,28). The second-order valence-electron chi connectivity index (χ2n) is 6.60. The number of aliphatic hydroxyl groups is 1. The molecule has 3 N–H and O–H groups in total. The van der Waals surface area contributed by atoms with Gasteiger partial charge in [0.25, 0.3) is 5.56 Å². The minimum Gasteiger partial charge on any atom is -0.507 e. The molecule has 0 atom stereocenters. The van der Waals surface area contributed by atoms with Crippen LogP contribution in [0.1, 0.15) is 16.8 Å². The van der Waals surface area contributed by atoms with Gasteiger partial charge in [0.1, 0.15) is 16.3 Å². The maximum absolute atomic E-state index is 14.8. The van der Waals surface area contributed by atoms with Crippen molar-refractivity contribution in [2.75, 3.05) is 6.61 Å². The fourth-order valence-corrected chi connectivity index (χ4v) is 4.22. The highest BCUT2D eigenvalue weighted by Crippen LogP contribution is 2.40. The predicted molar refractivity (Wildman–Crippen MR) is 112 cm³/mol. The van der Waals surface area contributed by atoms with Crippen LogP contribution in [-0.4, -0.2) is 27.6 Å². The Hall–Kier alpha value is -3.29. The molecule has 0 saturated carbocycles. The number of aromatic amines is 1. The quantitative estimate of drug-likeness (QED) is 0.337. The number of phenols is 1. The average molecular weight is 409 g/mol. The van der Waals surface area contributed by atoms with Crippen LogP contribution < -0.4 is 5.56 Å². The Labute approximate surface area is 168 Å². The van der Waals surface area contributed by atoms with E-state index in [2.05, 4.69) is 11.6 Å². The number of fused-ring (bicyclic) bond motifs is 3. The number of phenolic OH excluding ortho intramolecular Hbond substituents is 1. The Morgan fingerprint density at radius 3 is 2.72 bits per heavy atom. The lowest BCUT2D eigenvalue weighted by atomic mass is 9.94. The largest absolute Gasteiger partial charge is 0.507 e. The van der Waals surface area contributed by atoms with Crippen LogP contribution in [0.4, 0.5) is 4.39 Å². The van der Waals surface area contributed by atoms with Crippen molar-refractivity contribution in [1.82, 2.24) is 4.98 Å². The molecule has 0 saturated heterocycles. The van der Waals surface area contributed by atoms with E-state index in [0.717, 1.165) is 0 Å². The molecule has 4 aromatic rings. The number of aliphatic hydroxyl groups excluding tert-OH is 1. The molecule has 7 heteroatoms. The number of halogens is 1. The fourth-order valence-electron chi connectivity index (χ4n) is 3.42. The number of Topliss-reactive ketones (excluding diaryl/α,β-unsaturated/α-hetero) is 1. The summed E-state index contributed by atoms with van der Waals surface area (Å²) in [5.74, 6) is -1.40. The normalized spacial score (nSPS) is 11.2. The van der Waals surface area contributed by atoms with Crippen LogP contribution in [0, 0.1) is 5.82 Å². The number of aromatic nitrogens is 1. The molecule has 29 heavy (non-hydrogen) atoms. The number of pyridine rings is 1. The lowest BCUT2D eigenvalue weighted by molar-refractivity contribution is 0.102. The molecule has 0 radical (unpaired) electrons. The number of aromatic hydroxyl groups is 1. The number of rotatable bonds is 5. The molecule has 4 rings (SSSR count). The van der Waals surface area contributed by atoms with Crippen LogP contribution in [0.15, 0.2) is 58.7 Å². The van der Waals surface area contributed by atoms with Gasteiger partial charge < -0.3 is 15.2 Å². The average Bonchev–Trinajstić information content (AvgIpc) is 3.19. The third-order valence-electron chi connectivity index (χ3n) is 4.81. The van der Waals surface area contributed by atoms with E-state index >= 15 is 0 Å². The molecule has 5 nitrogen and oxygen atoms in total. The highest BCUT2D eigenvalue weighted by Gasteiger charge is 2.19. The van der Waals surface area contributed by atoms with Gasteiger partial charge in [0.2, 0.25) is 0 Å². The van der Waals surface area contributed by atoms with Gasteiger partial charge >= 0.3 is 0 Å². The highest BCUT2D eigenvalue weighted by molar-refractivity contribution is 7.17. The van der Waals surface area contributed by atoms with Crippen LogP contribution in [0.3, 0.4) is 0 Å². The summed E-state index contributed by atoms with van der Waals surface area (Å²) in [6.07, 6.45) is 0.0631. The summed E-state index contributed by atoms with van der Waals surface area (Å²) < 4.78 is 15.3. The van der Waals surface area contributed by atoms with Crippen molar-refractivity contribution in [2.24, 2.45) is 0 Å². The zero-order valence-electron chi connectivity index (χ0n) is 15.2. The van der Waals surface area contributed by atoms with E-state index in [1.54, 1.807) is 23.6 Å². The number of H-pyrrole nitrogens is 1. The second-order valence-corrected chi connectivity index (χ2v) is 7.52. The third-order valence-corrected chi connectivity index (χ3v) is 5.72. The van der Waals surface area contributed by atoms with Crippen LogP contribution in [0.2, 0.25) is 0 Å². The molecular weight excluding hydrogens is 393 g/mol. The molecule has 0 aliphatic heterocycles. The fraction of sp³-hybridized carbons (Fsp3) is 0.0909. The van der Waals surface area contributed by atoms with E-state index in [4.69, 9.17) is 5.11 Å². The van der Waals surface area contributed by atoms with Crippen molar-refractivity contribution in [2.45, 2.75) is 6.42 Å². The molecule has 146 valence electrons. The first-order valence-electron chi connectivity index (χ1n) is 8.80. The summed E-state index contributed by atoms with van der Waals surface area (Å²) in [5, 5.41) is 22.5. The molecule has 2 aromatic heterocycles. The Balaban J connectivity index is 1.94. The monoisotopic (exact) mass is 409 g/mol. The van der Waals surface area contributed by atoms with Crippen LogP contribution >= 0.6 is 11.3 Å². The van der Waals surface area contributed by atoms with Crippen molar-refractivity contribution in [3.8, 4) is 16.9 Å². The van der Waals surface area contributed by atoms with E-state index < -0.39 is 11.6 Å². The topological polar surface area (TPSA) is 90.4 Å². The van der Waals surface area contributed by atoms with Gasteiger partial charge in [-0.1, -0.05) is 12.6 Å². The molecule has 0 amide bonds. The molecule has 0 spiro atoms. The smallest absolute Gasteiger partial charge is 0.266 e. The number of carbonyl (C=O) groups is 1. The first-order chi connectivity index (χ1) is 13.9. The van der Waals surface area contributed by atoms with Gasteiger partial charge in [-0.25, -0.2) is 4.39 Å². The first kappa shape index (κ1) is 19.0. The van der Waals surface area contributed by atoms with Crippen LogP contribution in [0.5, 0.6) is 5.75 Å². The van der Waals surface area contributed by atoms with E-state index in [1.807, 2.05) is 0 Å². The summed E-state index contributed by atoms with van der Waals surface area (Å²) in [6, 6.07) is 8.88. The lowest BCUT2D eigenvalue weighted by Crippen LogP contribution is -2.07.